The summed E-state index contributed by atoms with van der Waals surface area (Å²) in [5.41, 5.74) is 3.16. The number of sulfonamides is 1. The molecule has 1 N–H and O–H groups in total. The molecule has 0 bridgehead atoms. The van der Waals surface area contributed by atoms with Crippen molar-refractivity contribution in [1.29, 1.82) is 0 Å². The summed E-state index contributed by atoms with van der Waals surface area (Å²) in [6, 6.07) is 6.50. The van der Waals surface area contributed by atoms with E-state index in [1.165, 1.54) is 0 Å². The fourth-order valence-electron chi connectivity index (χ4n) is 2.34. The molecule has 6 heteroatoms. The average molecular weight is 309 g/mol. The van der Waals surface area contributed by atoms with Crippen LogP contribution in [0.4, 0.5) is 0 Å². The van der Waals surface area contributed by atoms with E-state index in [1.807, 2.05) is 25.4 Å². The molecular formula is C15H23N3O2S. The lowest BCUT2D eigenvalue weighted by atomic mass is 10.1. The van der Waals surface area contributed by atoms with Crippen LogP contribution in [0.25, 0.3) is 11.0 Å². The van der Waals surface area contributed by atoms with Crippen molar-refractivity contribution in [2.24, 2.45) is 0 Å². The van der Waals surface area contributed by atoms with E-state index in [2.05, 4.69) is 34.2 Å². The lowest BCUT2D eigenvalue weighted by Gasteiger charge is -2.08. The maximum absolute atomic E-state index is 11.6. The van der Waals surface area contributed by atoms with Gasteiger partial charge in [-0.25, -0.2) is 18.1 Å². The standard InChI is InChI=1S/C15H23N3O2S/c1-4-9-21(19,20)17-8-7-13-5-6-15-14(10-13)16-11-18(15)12(2)3/h5-6,10-12,17H,4,7-9H2,1-3H3. The normalized spacial score (nSPS) is 12.4. The smallest absolute Gasteiger partial charge is 0.211 e. The molecule has 0 saturated heterocycles. The minimum atomic E-state index is -3.12. The minimum Gasteiger partial charge on any atom is -0.328 e. The van der Waals surface area contributed by atoms with Gasteiger partial charge in [-0.15, -0.1) is 0 Å². The summed E-state index contributed by atoms with van der Waals surface area (Å²) in [4.78, 5) is 4.41. The van der Waals surface area contributed by atoms with Gasteiger partial charge in [0.1, 0.15) is 0 Å². The number of fused-ring (bicyclic) bond motifs is 1. The van der Waals surface area contributed by atoms with Crippen LogP contribution >= 0.6 is 0 Å². The number of imidazole rings is 1. The van der Waals surface area contributed by atoms with E-state index in [-0.39, 0.29) is 5.75 Å². The Morgan fingerprint density at radius 1 is 1.33 bits per heavy atom. The van der Waals surface area contributed by atoms with Crippen molar-refractivity contribution in [3.63, 3.8) is 0 Å². The summed E-state index contributed by atoms with van der Waals surface area (Å²) in [7, 11) is -3.12. The number of aromatic nitrogens is 2. The number of nitrogens with one attached hydrogen (secondary N) is 1. The van der Waals surface area contributed by atoms with Crippen LogP contribution < -0.4 is 4.72 Å². The zero-order valence-electron chi connectivity index (χ0n) is 12.8. The Labute approximate surface area is 126 Å². The topological polar surface area (TPSA) is 64.0 Å². The van der Waals surface area contributed by atoms with Crippen molar-refractivity contribution in [3.05, 3.63) is 30.1 Å². The van der Waals surface area contributed by atoms with Crippen molar-refractivity contribution in [1.82, 2.24) is 14.3 Å². The van der Waals surface area contributed by atoms with Gasteiger partial charge >= 0.3 is 0 Å². The molecule has 0 atom stereocenters. The SMILES string of the molecule is CCCS(=O)(=O)NCCc1ccc2c(c1)ncn2C(C)C. The van der Waals surface area contributed by atoms with Gasteiger partial charge in [-0.1, -0.05) is 13.0 Å². The van der Waals surface area contributed by atoms with Crippen LogP contribution in [0.5, 0.6) is 0 Å². The Morgan fingerprint density at radius 2 is 2.10 bits per heavy atom. The molecule has 116 valence electrons. The average Bonchev–Trinajstić information content (AvgIpc) is 2.81. The van der Waals surface area contributed by atoms with E-state index in [0.29, 0.717) is 25.4 Å². The molecule has 1 heterocycles. The first-order valence-corrected chi connectivity index (χ1v) is 9.01. The van der Waals surface area contributed by atoms with Gasteiger partial charge in [0.25, 0.3) is 0 Å². The summed E-state index contributed by atoms with van der Waals surface area (Å²) < 4.78 is 27.9. The summed E-state index contributed by atoms with van der Waals surface area (Å²) in [6.45, 7) is 6.53. The van der Waals surface area contributed by atoms with Crippen LogP contribution in [-0.4, -0.2) is 30.3 Å². The molecule has 0 saturated carbocycles. The molecule has 2 rings (SSSR count). The third-order valence-corrected chi connectivity index (χ3v) is 4.99. The predicted octanol–water partition coefficient (Wildman–Crippen LogP) is 2.49. The lowest BCUT2D eigenvalue weighted by molar-refractivity contribution is 0.580. The van der Waals surface area contributed by atoms with Gasteiger partial charge in [0.2, 0.25) is 10.0 Å². The van der Waals surface area contributed by atoms with E-state index in [0.717, 1.165) is 16.6 Å². The Morgan fingerprint density at radius 3 is 2.76 bits per heavy atom. The Balaban J connectivity index is 2.04. The van der Waals surface area contributed by atoms with Gasteiger partial charge in [-0.2, -0.15) is 0 Å². The molecule has 21 heavy (non-hydrogen) atoms. The van der Waals surface area contributed by atoms with Gasteiger partial charge in [-0.3, -0.25) is 0 Å². The molecule has 2 aromatic rings. The fraction of sp³-hybridized carbons (Fsp3) is 0.533. The zero-order chi connectivity index (χ0) is 15.5. The molecule has 0 radical (unpaired) electrons. The highest BCUT2D eigenvalue weighted by Crippen LogP contribution is 2.18. The fourth-order valence-corrected chi connectivity index (χ4v) is 3.43. The first-order chi connectivity index (χ1) is 9.93. The van der Waals surface area contributed by atoms with Crippen molar-refractivity contribution in [2.75, 3.05) is 12.3 Å². The maximum Gasteiger partial charge on any atom is 0.211 e. The van der Waals surface area contributed by atoms with Crippen molar-refractivity contribution >= 4 is 21.1 Å². The van der Waals surface area contributed by atoms with E-state index >= 15 is 0 Å². The van der Waals surface area contributed by atoms with E-state index in [9.17, 15) is 8.42 Å². The molecule has 0 unspecified atom stereocenters. The van der Waals surface area contributed by atoms with Crippen LogP contribution in [0.1, 0.15) is 38.8 Å². The molecule has 0 amide bonds. The second kappa shape index (κ2) is 6.58. The van der Waals surface area contributed by atoms with Crippen LogP contribution in [0.3, 0.4) is 0 Å². The van der Waals surface area contributed by atoms with E-state index < -0.39 is 10.0 Å². The van der Waals surface area contributed by atoms with Gasteiger partial charge < -0.3 is 4.57 Å². The zero-order valence-corrected chi connectivity index (χ0v) is 13.7. The minimum absolute atomic E-state index is 0.185. The maximum atomic E-state index is 11.6. The molecular weight excluding hydrogens is 286 g/mol. The van der Waals surface area contributed by atoms with Gasteiger partial charge in [-0.05, 0) is 44.4 Å². The highest BCUT2D eigenvalue weighted by molar-refractivity contribution is 7.89. The second-order valence-corrected chi connectivity index (χ2v) is 7.46. The highest BCUT2D eigenvalue weighted by atomic mass is 32.2. The quantitative estimate of drug-likeness (QED) is 0.854. The van der Waals surface area contributed by atoms with Gasteiger partial charge in [0.15, 0.2) is 0 Å². The predicted molar refractivity (Wildman–Crippen MR) is 85.9 cm³/mol. The molecule has 1 aromatic carbocycles. The Hall–Kier alpha value is -1.40. The third-order valence-electron chi connectivity index (χ3n) is 3.40. The molecule has 0 aliphatic carbocycles. The molecule has 1 aromatic heterocycles. The number of nitrogens with zero attached hydrogens (tertiary/aromatic N) is 2. The Bertz CT molecular complexity index is 705. The second-order valence-electron chi connectivity index (χ2n) is 5.53. The summed E-state index contributed by atoms with van der Waals surface area (Å²) in [5.74, 6) is 0.185. The van der Waals surface area contributed by atoms with Gasteiger partial charge in [0.05, 0.1) is 23.1 Å². The lowest BCUT2D eigenvalue weighted by Crippen LogP contribution is -2.28. The van der Waals surface area contributed by atoms with Gasteiger partial charge in [0, 0.05) is 12.6 Å². The molecule has 0 aliphatic heterocycles. The number of benzene rings is 1. The van der Waals surface area contributed by atoms with Crippen LogP contribution in [-0.2, 0) is 16.4 Å². The monoisotopic (exact) mass is 309 g/mol. The largest absolute Gasteiger partial charge is 0.328 e. The van der Waals surface area contributed by atoms with Crippen LogP contribution in [0.2, 0.25) is 0 Å². The van der Waals surface area contributed by atoms with Crippen molar-refractivity contribution < 1.29 is 8.42 Å². The number of hydrogen-bond acceptors (Lipinski definition) is 3. The molecule has 0 fully saturated rings. The van der Waals surface area contributed by atoms with Crippen molar-refractivity contribution in [2.45, 2.75) is 39.7 Å². The Kier molecular flexibility index (Phi) is 5.00. The van der Waals surface area contributed by atoms with E-state index in [4.69, 9.17) is 0 Å². The first kappa shape index (κ1) is 16.0. The molecule has 0 aliphatic rings. The summed E-state index contributed by atoms with van der Waals surface area (Å²) >= 11 is 0. The summed E-state index contributed by atoms with van der Waals surface area (Å²) in [5, 5.41) is 0. The van der Waals surface area contributed by atoms with Crippen LogP contribution in [0.15, 0.2) is 24.5 Å². The van der Waals surface area contributed by atoms with E-state index in [1.54, 1.807) is 0 Å². The number of hydrogen-bond donors (Lipinski definition) is 1. The number of rotatable bonds is 7. The van der Waals surface area contributed by atoms with Crippen molar-refractivity contribution in [3.8, 4) is 0 Å². The first-order valence-electron chi connectivity index (χ1n) is 7.35. The molecule has 5 nitrogen and oxygen atoms in total. The molecule has 0 spiro atoms. The highest BCUT2D eigenvalue weighted by Gasteiger charge is 2.09. The summed E-state index contributed by atoms with van der Waals surface area (Å²) in [6.07, 6.45) is 3.16. The van der Waals surface area contributed by atoms with Crippen LogP contribution in [0, 0.1) is 0 Å². The third kappa shape index (κ3) is 4.04.